The van der Waals surface area contributed by atoms with Gasteiger partial charge in [-0.25, -0.2) is 4.79 Å². The Balaban J connectivity index is 0.00000420. The number of benzene rings is 2. The number of hydrogen-bond donors (Lipinski definition) is 0. The van der Waals surface area contributed by atoms with Crippen LogP contribution in [0.4, 0.5) is 0 Å². The molecule has 2 aromatic carbocycles. The molecule has 0 aliphatic carbocycles. The van der Waals surface area contributed by atoms with E-state index >= 15 is 0 Å². The number of hydrogen-bond acceptors (Lipinski definition) is 2. The molecule has 0 saturated carbocycles. The van der Waals surface area contributed by atoms with E-state index in [1.807, 2.05) is 25.1 Å². The van der Waals surface area contributed by atoms with Crippen molar-refractivity contribution >= 4 is 5.97 Å². The SMILES string of the molecule is C[C-](CCc1ccccc1)OC(=O)c1c(C(C)C)cc(C(C)C)cc1C(C)C.[Li+]. The maximum absolute atomic E-state index is 13.2. The molecule has 0 aliphatic rings. The summed E-state index contributed by atoms with van der Waals surface area (Å²) >= 11 is 0. The summed E-state index contributed by atoms with van der Waals surface area (Å²) in [5.74, 6) is 0.749. The van der Waals surface area contributed by atoms with Gasteiger partial charge in [0.05, 0.1) is 5.56 Å². The number of esters is 1. The first-order valence-corrected chi connectivity index (χ1v) is 10.5. The van der Waals surface area contributed by atoms with E-state index in [4.69, 9.17) is 4.74 Å². The zero-order chi connectivity index (χ0) is 20.8. The van der Waals surface area contributed by atoms with Gasteiger partial charge in [-0.1, -0.05) is 96.0 Å². The van der Waals surface area contributed by atoms with Crippen molar-refractivity contribution in [2.75, 3.05) is 0 Å². The van der Waals surface area contributed by atoms with Crippen LogP contribution in [0.5, 0.6) is 0 Å². The van der Waals surface area contributed by atoms with E-state index in [1.54, 1.807) is 0 Å². The third-order valence-corrected chi connectivity index (χ3v) is 5.21. The monoisotopic (exact) mass is 386 g/mol. The first kappa shape index (κ1) is 25.5. The van der Waals surface area contributed by atoms with Crippen molar-refractivity contribution in [2.45, 2.75) is 79.1 Å². The van der Waals surface area contributed by atoms with Gasteiger partial charge in [-0.15, -0.1) is 12.5 Å². The first-order chi connectivity index (χ1) is 13.2. The number of ether oxygens (including phenoxy) is 1. The number of carbonyl (C=O) groups is 1. The van der Waals surface area contributed by atoms with Crippen molar-refractivity contribution in [3.8, 4) is 0 Å². The molecule has 0 bridgehead atoms. The Morgan fingerprint density at radius 3 is 1.86 bits per heavy atom. The Kier molecular flexibility index (Phi) is 10.2. The minimum Gasteiger partial charge on any atom is -0.631 e. The standard InChI is InChI=1S/C26H35O2.Li/c1-17(2)22-15-23(18(3)4)25(24(16-22)19(5)6)26(27)28-20(7)13-14-21-11-9-8-10-12-21;/h8-12,15-19H,13-14H2,1-7H3;/q-1;+1. The van der Waals surface area contributed by atoms with Gasteiger partial charge in [0.1, 0.15) is 0 Å². The molecule has 0 fully saturated rings. The number of aryl methyl sites for hydroxylation is 1. The summed E-state index contributed by atoms with van der Waals surface area (Å²) in [6, 6.07) is 14.7. The molecule has 0 unspecified atom stereocenters. The molecule has 3 heteroatoms. The van der Waals surface area contributed by atoms with E-state index in [9.17, 15) is 4.79 Å². The van der Waals surface area contributed by atoms with Crippen LogP contribution in [0.25, 0.3) is 0 Å². The van der Waals surface area contributed by atoms with Gasteiger partial charge in [0, 0.05) is 0 Å². The van der Waals surface area contributed by atoms with Crippen LogP contribution in [0.15, 0.2) is 42.5 Å². The molecule has 2 rings (SSSR count). The molecule has 0 amide bonds. The van der Waals surface area contributed by atoms with Gasteiger partial charge in [0.2, 0.25) is 0 Å². The summed E-state index contributed by atoms with van der Waals surface area (Å²) in [6.07, 6.45) is 2.39. The second kappa shape index (κ2) is 11.6. The van der Waals surface area contributed by atoms with Crippen molar-refractivity contribution in [3.05, 3.63) is 76.4 Å². The van der Waals surface area contributed by atoms with E-state index in [-0.39, 0.29) is 36.7 Å². The third kappa shape index (κ3) is 7.05. The normalized spacial score (nSPS) is 11.3. The van der Waals surface area contributed by atoms with Crippen molar-refractivity contribution < 1.29 is 28.4 Å². The molecule has 0 spiro atoms. The summed E-state index contributed by atoms with van der Waals surface area (Å²) in [5.41, 5.74) is 5.48. The van der Waals surface area contributed by atoms with Crippen LogP contribution in [0.2, 0.25) is 0 Å². The van der Waals surface area contributed by atoms with Crippen LogP contribution in [0, 0.1) is 6.10 Å². The Labute approximate surface area is 189 Å². The van der Waals surface area contributed by atoms with E-state index in [0.29, 0.717) is 5.92 Å². The third-order valence-electron chi connectivity index (χ3n) is 5.21. The summed E-state index contributed by atoms with van der Waals surface area (Å²) in [4.78, 5) is 13.2. The van der Waals surface area contributed by atoms with Gasteiger partial charge in [-0.3, -0.25) is 0 Å². The van der Waals surface area contributed by atoms with Gasteiger partial charge in [0.25, 0.3) is 0 Å². The molecule has 0 saturated heterocycles. The molecule has 0 aliphatic heterocycles. The maximum Gasteiger partial charge on any atom is 1.00 e. The Hall–Kier alpha value is -1.49. The summed E-state index contributed by atoms with van der Waals surface area (Å²) in [7, 11) is 0. The Bertz CT molecular complexity index is 750. The molecule has 2 nitrogen and oxygen atoms in total. The molecule has 0 aromatic heterocycles. The van der Waals surface area contributed by atoms with Gasteiger partial charge in [0.15, 0.2) is 0 Å². The molecule has 0 N–H and O–H groups in total. The molecular weight excluding hydrogens is 351 g/mol. The zero-order valence-corrected chi connectivity index (χ0v) is 19.5. The Morgan fingerprint density at radius 2 is 1.41 bits per heavy atom. The molecule has 0 heterocycles. The van der Waals surface area contributed by atoms with Crippen LogP contribution in [0.3, 0.4) is 0 Å². The fourth-order valence-corrected chi connectivity index (χ4v) is 3.42. The predicted octanol–water partition coefficient (Wildman–Crippen LogP) is 4.40. The fourth-order valence-electron chi connectivity index (χ4n) is 3.42. The van der Waals surface area contributed by atoms with E-state index in [2.05, 4.69) is 65.8 Å². The number of rotatable bonds is 8. The molecule has 152 valence electrons. The summed E-state index contributed by atoms with van der Waals surface area (Å²) in [6.45, 7) is 14.9. The average Bonchev–Trinajstić information content (AvgIpc) is 2.65. The van der Waals surface area contributed by atoms with Crippen LogP contribution in [-0.4, -0.2) is 5.97 Å². The average molecular weight is 387 g/mol. The minimum absolute atomic E-state index is 0. The smallest absolute Gasteiger partial charge is 0.631 e. The van der Waals surface area contributed by atoms with E-state index in [1.165, 1.54) is 11.1 Å². The van der Waals surface area contributed by atoms with Gasteiger partial charge in [-0.05, 0) is 34.4 Å². The predicted molar refractivity (Wildman–Crippen MR) is 118 cm³/mol. The van der Waals surface area contributed by atoms with Crippen molar-refractivity contribution in [2.24, 2.45) is 0 Å². The van der Waals surface area contributed by atoms with Crippen LogP contribution >= 0.6 is 0 Å². The van der Waals surface area contributed by atoms with Crippen molar-refractivity contribution in [1.29, 1.82) is 0 Å². The summed E-state index contributed by atoms with van der Waals surface area (Å²) in [5, 5.41) is 0. The second-order valence-electron chi connectivity index (χ2n) is 8.62. The van der Waals surface area contributed by atoms with Gasteiger partial charge >= 0.3 is 24.8 Å². The molecule has 29 heavy (non-hydrogen) atoms. The fraction of sp³-hybridized carbons (Fsp3) is 0.462. The largest absolute Gasteiger partial charge is 1.00 e. The van der Waals surface area contributed by atoms with Crippen LogP contribution in [0.1, 0.15) is 105 Å². The first-order valence-electron chi connectivity index (χ1n) is 10.5. The summed E-state index contributed by atoms with van der Waals surface area (Å²) < 4.78 is 5.82. The number of carbonyl (C=O) groups excluding carboxylic acids is 1. The quantitative estimate of drug-likeness (QED) is 0.382. The van der Waals surface area contributed by atoms with Crippen LogP contribution in [-0.2, 0) is 11.2 Å². The van der Waals surface area contributed by atoms with E-state index in [0.717, 1.165) is 35.6 Å². The Morgan fingerprint density at radius 1 is 0.897 bits per heavy atom. The minimum atomic E-state index is -0.215. The van der Waals surface area contributed by atoms with Crippen LogP contribution < -0.4 is 18.9 Å². The maximum atomic E-state index is 13.2. The second-order valence-corrected chi connectivity index (χ2v) is 8.62. The molecule has 2 aromatic rings. The molecule has 0 radical (unpaired) electrons. The van der Waals surface area contributed by atoms with Crippen molar-refractivity contribution in [1.82, 2.24) is 0 Å². The van der Waals surface area contributed by atoms with Gasteiger partial charge < -0.3 is 4.74 Å². The topological polar surface area (TPSA) is 26.3 Å². The zero-order valence-electron chi connectivity index (χ0n) is 19.5. The molecular formula is C26H35LiO2. The molecule has 0 atom stereocenters. The van der Waals surface area contributed by atoms with Gasteiger partial charge in [-0.2, -0.15) is 6.92 Å². The van der Waals surface area contributed by atoms with E-state index < -0.39 is 0 Å². The van der Waals surface area contributed by atoms with Crippen molar-refractivity contribution in [3.63, 3.8) is 0 Å².